The van der Waals surface area contributed by atoms with Crippen molar-refractivity contribution in [1.82, 2.24) is 25.1 Å². The monoisotopic (exact) mass is 469 g/mol. The maximum atomic E-state index is 14.4. The van der Waals surface area contributed by atoms with Gasteiger partial charge in [-0.15, -0.1) is 0 Å². The van der Waals surface area contributed by atoms with Crippen molar-refractivity contribution in [1.29, 1.82) is 0 Å². The summed E-state index contributed by atoms with van der Waals surface area (Å²) in [6.07, 6.45) is 5.36. The summed E-state index contributed by atoms with van der Waals surface area (Å²) in [5, 5.41) is 19.1. The lowest BCUT2D eigenvalue weighted by atomic mass is 9.92. The molecule has 0 spiro atoms. The number of nitrogens with one attached hydrogen (secondary N) is 1. The lowest BCUT2D eigenvalue weighted by Crippen LogP contribution is -2.44. The van der Waals surface area contributed by atoms with Crippen molar-refractivity contribution in [3.8, 4) is 0 Å². The number of amides is 1. The van der Waals surface area contributed by atoms with Crippen LogP contribution in [0.1, 0.15) is 11.3 Å². The second-order valence-electron chi connectivity index (χ2n) is 7.37. The average Bonchev–Trinajstić information content (AvgIpc) is 3.29. The molecule has 4 rings (SSSR count). The predicted molar refractivity (Wildman–Crippen MR) is 119 cm³/mol. The highest BCUT2D eigenvalue weighted by atomic mass is 35.5. The first-order valence-corrected chi connectivity index (χ1v) is 10.2. The predicted octanol–water partition coefficient (Wildman–Crippen LogP) is 3.48. The Bertz CT molecular complexity index is 1330. The van der Waals surface area contributed by atoms with Crippen LogP contribution < -0.4 is 5.32 Å². The Morgan fingerprint density at radius 3 is 2.79 bits per heavy atom. The zero-order valence-electron chi connectivity index (χ0n) is 17.1. The topological polar surface area (TPSA) is 92.9 Å². The van der Waals surface area contributed by atoms with E-state index in [0.717, 1.165) is 23.0 Å². The Hall–Kier alpha value is -3.69. The molecule has 2 aromatic carbocycles. The van der Waals surface area contributed by atoms with Crippen molar-refractivity contribution in [2.45, 2.75) is 12.1 Å². The Labute approximate surface area is 192 Å². The number of carbonyl (C=O) groups is 1. The SMILES string of the molecule is O=C(/C=C/c1ccc2cc(Cl)ccc2n1)NCC(O)(Cn1cncn1)c1ccc(F)cc1F. The molecule has 0 aliphatic rings. The quantitative estimate of drug-likeness (QED) is 0.404. The Balaban J connectivity index is 1.50. The number of nitrogens with zero attached hydrogens (tertiary/aromatic N) is 4. The van der Waals surface area contributed by atoms with Gasteiger partial charge in [0.25, 0.3) is 0 Å². The van der Waals surface area contributed by atoms with Gasteiger partial charge in [0.05, 0.1) is 24.3 Å². The third-order valence-corrected chi connectivity index (χ3v) is 5.19. The van der Waals surface area contributed by atoms with Crippen LogP contribution in [0.2, 0.25) is 5.02 Å². The second kappa shape index (κ2) is 9.43. The molecule has 0 radical (unpaired) electrons. The molecule has 1 unspecified atom stereocenters. The molecular weight excluding hydrogens is 452 g/mol. The molecular formula is C23H18ClF2N5O2. The molecule has 2 N–H and O–H groups in total. The van der Waals surface area contributed by atoms with Gasteiger partial charge in [0, 0.05) is 28.1 Å². The van der Waals surface area contributed by atoms with Gasteiger partial charge in [0.1, 0.15) is 29.9 Å². The minimum atomic E-state index is -1.91. The standard InChI is InChI=1S/C23H18ClF2N5O2/c24-16-2-7-21-15(9-16)1-4-18(30-21)5-8-22(32)28-11-23(33,12-31-14-27-13-29-31)19-6-3-17(25)10-20(19)26/h1-10,13-14,33H,11-12H2,(H,28,32)/b8-5+. The van der Waals surface area contributed by atoms with Crippen LogP contribution in [0, 0.1) is 11.6 Å². The molecule has 0 fully saturated rings. The molecule has 1 atom stereocenters. The van der Waals surface area contributed by atoms with Crippen molar-refractivity contribution in [3.05, 3.63) is 95.2 Å². The van der Waals surface area contributed by atoms with E-state index in [-0.39, 0.29) is 18.7 Å². The lowest BCUT2D eigenvalue weighted by molar-refractivity contribution is -0.118. The molecule has 0 saturated carbocycles. The van der Waals surface area contributed by atoms with Gasteiger partial charge in [0.2, 0.25) is 5.91 Å². The number of halogens is 3. The summed E-state index contributed by atoms with van der Waals surface area (Å²) in [5.74, 6) is -2.26. The van der Waals surface area contributed by atoms with Crippen molar-refractivity contribution in [3.63, 3.8) is 0 Å². The number of hydrogen-bond acceptors (Lipinski definition) is 5. The fraction of sp³-hybridized carbons (Fsp3) is 0.130. The number of fused-ring (bicyclic) bond motifs is 1. The zero-order chi connectivity index (χ0) is 23.4. The Morgan fingerprint density at radius 1 is 1.18 bits per heavy atom. The summed E-state index contributed by atoms with van der Waals surface area (Å²) in [6.45, 7) is -0.573. The van der Waals surface area contributed by atoms with Crippen LogP contribution in [-0.4, -0.2) is 37.3 Å². The molecule has 0 aliphatic heterocycles. The third kappa shape index (κ3) is 5.39. The molecule has 33 heavy (non-hydrogen) atoms. The fourth-order valence-electron chi connectivity index (χ4n) is 3.34. The van der Waals surface area contributed by atoms with Crippen molar-refractivity contribution in [2.24, 2.45) is 0 Å². The Kier molecular flexibility index (Phi) is 6.43. The van der Waals surface area contributed by atoms with Crippen molar-refractivity contribution < 1.29 is 18.7 Å². The number of carbonyl (C=O) groups excluding carboxylic acids is 1. The number of hydrogen-bond donors (Lipinski definition) is 2. The minimum absolute atomic E-state index is 0.182. The zero-order valence-corrected chi connectivity index (χ0v) is 17.9. The number of aliphatic hydroxyl groups is 1. The fourth-order valence-corrected chi connectivity index (χ4v) is 3.52. The first-order chi connectivity index (χ1) is 15.8. The van der Waals surface area contributed by atoms with Crippen molar-refractivity contribution in [2.75, 3.05) is 6.54 Å². The third-order valence-electron chi connectivity index (χ3n) is 4.96. The number of rotatable bonds is 7. The summed E-state index contributed by atoms with van der Waals surface area (Å²) in [5.41, 5.74) is -0.827. The molecule has 2 aromatic heterocycles. The van der Waals surface area contributed by atoms with Crippen molar-refractivity contribution >= 4 is 34.5 Å². The van der Waals surface area contributed by atoms with Crippen LogP contribution in [0.4, 0.5) is 8.78 Å². The summed E-state index contributed by atoms with van der Waals surface area (Å²) in [7, 11) is 0. The number of aromatic nitrogens is 4. The lowest BCUT2D eigenvalue weighted by Gasteiger charge is -2.29. The van der Waals surface area contributed by atoms with Crippen LogP contribution >= 0.6 is 11.6 Å². The maximum absolute atomic E-state index is 14.4. The second-order valence-corrected chi connectivity index (χ2v) is 7.81. The normalized spacial score (nSPS) is 13.3. The van der Waals surface area contributed by atoms with E-state index in [1.54, 1.807) is 24.3 Å². The van der Waals surface area contributed by atoms with E-state index in [1.807, 2.05) is 6.07 Å². The van der Waals surface area contributed by atoms with E-state index in [9.17, 15) is 18.7 Å². The minimum Gasteiger partial charge on any atom is -0.381 e. The van der Waals surface area contributed by atoms with Crippen LogP contribution in [0.15, 0.2) is 67.3 Å². The molecule has 7 nitrogen and oxygen atoms in total. The highest BCUT2D eigenvalue weighted by Gasteiger charge is 2.34. The number of pyridine rings is 1. The van der Waals surface area contributed by atoms with E-state index >= 15 is 0 Å². The van der Waals surface area contributed by atoms with Gasteiger partial charge in [-0.2, -0.15) is 5.10 Å². The van der Waals surface area contributed by atoms with Gasteiger partial charge < -0.3 is 10.4 Å². The molecule has 2 heterocycles. The summed E-state index contributed by atoms with van der Waals surface area (Å²) < 4.78 is 29.1. The molecule has 168 valence electrons. The highest BCUT2D eigenvalue weighted by Crippen LogP contribution is 2.26. The van der Waals surface area contributed by atoms with Gasteiger partial charge in [-0.3, -0.25) is 4.79 Å². The average molecular weight is 470 g/mol. The summed E-state index contributed by atoms with van der Waals surface area (Å²) in [4.78, 5) is 20.6. The van der Waals surface area contributed by atoms with Gasteiger partial charge in [-0.1, -0.05) is 23.7 Å². The molecule has 0 saturated heterocycles. The van der Waals surface area contributed by atoms with E-state index in [4.69, 9.17) is 11.6 Å². The molecule has 10 heteroatoms. The van der Waals surface area contributed by atoms with Crippen LogP contribution in [0.5, 0.6) is 0 Å². The first kappa shape index (κ1) is 22.5. The first-order valence-electron chi connectivity index (χ1n) is 9.85. The van der Waals surface area contributed by atoms with Crippen LogP contribution in [0.3, 0.4) is 0 Å². The molecule has 0 bridgehead atoms. The smallest absolute Gasteiger partial charge is 0.244 e. The van der Waals surface area contributed by atoms with Gasteiger partial charge in [-0.25, -0.2) is 23.4 Å². The van der Waals surface area contributed by atoms with Gasteiger partial charge in [0.15, 0.2) is 0 Å². The van der Waals surface area contributed by atoms with E-state index in [0.29, 0.717) is 16.8 Å². The summed E-state index contributed by atoms with van der Waals surface area (Å²) in [6, 6.07) is 11.7. The van der Waals surface area contributed by atoms with Gasteiger partial charge >= 0.3 is 0 Å². The van der Waals surface area contributed by atoms with E-state index in [1.165, 1.54) is 29.5 Å². The highest BCUT2D eigenvalue weighted by molar-refractivity contribution is 6.31. The summed E-state index contributed by atoms with van der Waals surface area (Å²) >= 11 is 5.97. The largest absolute Gasteiger partial charge is 0.381 e. The number of benzene rings is 2. The molecule has 4 aromatic rings. The van der Waals surface area contributed by atoms with E-state index in [2.05, 4.69) is 20.4 Å². The van der Waals surface area contributed by atoms with Crippen LogP contribution in [-0.2, 0) is 16.9 Å². The van der Waals surface area contributed by atoms with E-state index < -0.39 is 23.1 Å². The molecule has 0 aliphatic carbocycles. The van der Waals surface area contributed by atoms with Crippen LogP contribution in [0.25, 0.3) is 17.0 Å². The maximum Gasteiger partial charge on any atom is 0.244 e. The Morgan fingerprint density at radius 2 is 2.03 bits per heavy atom. The molecule has 1 amide bonds. The van der Waals surface area contributed by atoms with Gasteiger partial charge in [-0.05, 0) is 36.4 Å².